The second-order valence-electron chi connectivity index (χ2n) is 5.09. The Bertz CT molecular complexity index is 883. The van der Waals surface area contributed by atoms with E-state index < -0.39 is 0 Å². The maximum absolute atomic E-state index is 12.6. The van der Waals surface area contributed by atoms with Crippen molar-refractivity contribution in [1.29, 1.82) is 0 Å². The summed E-state index contributed by atoms with van der Waals surface area (Å²) in [5, 5.41) is 8.64. The minimum Gasteiger partial charge on any atom is -0.383 e. The average molecular weight is 382 g/mol. The number of halogens is 3. The van der Waals surface area contributed by atoms with Crippen LogP contribution < -0.4 is 5.73 Å². The molecule has 8 heteroatoms. The summed E-state index contributed by atoms with van der Waals surface area (Å²) >= 11 is 18.4. The van der Waals surface area contributed by atoms with Gasteiger partial charge in [0.1, 0.15) is 5.82 Å². The Kier molecular flexibility index (Phi) is 4.76. The van der Waals surface area contributed by atoms with Gasteiger partial charge in [-0.2, -0.15) is 0 Å². The number of carbonyl (C=O) groups is 1. The minimum absolute atomic E-state index is 0.246. The zero-order chi connectivity index (χ0) is 17.3. The molecule has 3 aromatic rings. The van der Waals surface area contributed by atoms with Gasteiger partial charge in [0.2, 0.25) is 0 Å². The number of carbonyl (C=O) groups excluding carboxylic acids is 1. The predicted octanol–water partition coefficient (Wildman–Crippen LogP) is 4.10. The first-order valence-corrected chi connectivity index (χ1v) is 8.01. The Hall–Kier alpha value is -2.08. The molecule has 0 spiro atoms. The standard InChI is InChI=1S/C16H11Cl3N4O/c17-11-3-1-10(2-4-11)16(24)15-12(18)5-9(6-13(15)19)8-23-14(20)7-21-22-23/h1-7H,8,20H2. The van der Waals surface area contributed by atoms with Crippen molar-refractivity contribution in [2.75, 3.05) is 5.73 Å². The zero-order valence-electron chi connectivity index (χ0n) is 12.2. The molecule has 0 bridgehead atoms. The van der Waals surface area contributed by atoms with E-state index in [0.29, 0.717) is 22.9 Å². The van der Waals surface area contributed by atoms with E-state index in [0.717, 1.165) is 5.56 Å². The second kappa shape index (κ2) is 6.81. The third kappa shape index (κ3) is 3.38. The molecular formula is C16H11Cl3N4O. The smallest absolute Gasteiger partial charge is 0.196 e. The fourth-order valence-corrected chi connectivity index (χ4v) is 3.07. The van der Waals surface area contributed by atoms with Crippen molar-refractivity contribution in [2.45, 2.75) is 6.54 Å². The van der Waals surface area contributed by atoms with E-state index in [1.807, 2.05) is 0 Å². The van der Waals surface area contributed by atoms with Crippen molar-refractivity contribution in [3.63, 3.8) is 0 Å². The fraction of sp³-hybridized carbons (Fsp3) is 0.0625. The molecule has 0 saturated carbocycles. The van der Waals surface area contributed by atoms with Gasteiger partial charge in [-0.15, -0.1) is 5.10 Å². The van der Waals surface area contributed by atoms with Gasteiger partial charge in [-0.05, 0) is 42.0 Å². The van der Waals surface area contributed by atoms with Gasteiger partial charge in [-0.3, -0.25) is 4.79 Å². The lowest BCUT2D eigenvalue weighted by Gasteiger charge is -2.10. The summed E-state index contributed by atoms with van der Waals surface area (Å²) < 4.78 is 1.50. The lowest BCUT2D eigenvalue weighted by Crippen LogP contribution is -2.08. The topological polar surface area (TPSA) is 73.8 Å². The summed E-state index contributed by atoms with van der Waals surface area (Å²) in [5.41, 5.74) is 7.20. The fourth-order valence-electron chi connectivity index (χ4n) is 2.24. The summed E-state index contributed by atoms with van der Waals surface area (Å²) in [6, 6.07) is 9.86. The Morgan fingerprint density at radius 2 is 1.71 bits per heavy atom. The SMILES string of the molecule is Nc1cnnn1Cc1cc(Cl)c(C(=O)c2ccc(Cl)cc2)c(Cl)c1. The first kappa shape index (κ1) is 16.8. The highest BCUT2D eigenvalue weighted by molar-refractivity contribution is 6.41. The Morgan fingerprint density at radius 1 is 1.08 bits per heavy atom. The van der Waals surface area contributed by atoms with Crippen LogP contribution in [0, 0.1) is 0 Å². The zero-order valence-corrected chi connectivity index (χ0v) is 14.5. The van der Waals surface area contributed by atoms with Crippen LogP contribution in [0.15, 0.2) is 42.6 Å². The van der Waals surface area contributed by atoms with E-state index in [1.54, 1.807) is 36.4 Å². The Labute approximate surface area is 152 Å². The maximum atomic E-state index is 12.6. The molecule has 5 nitrogen and oxygen atoms in total. The van der Waals surface area contributed by atoms with Crippen molar-refractivity contribution in [3.05, 3.63) is 74.4 Å². The van der Waals surface area contributed by atoms with Crippen LogP contribution >= 0.6 is 34.8 Å². The van der Waals surface area contributed by atoms with Crippen molar-refractivity contribution in [3.8, 4) is 0 Å². The molecule has 3 rings (SSSR count). The summed E-state index contributed by atoms with van der Waals surface area (Å²) in [6.07, 6.45) is 1.45. The van der Waals surface area contributed by atoms with E-state index in [9.17, 15) is 4.79 Å². The summed E-state index contributed by atoms with van der Waals surface area (Å²) in [5.74, 6) is 0.150. The monoisotopic (exact) mass is 380 g/mol. The molecule has 0 aliphatic rings. The van der Waals surface area contributed by atoms with Crippen LogP contribution in [-0.2, 0) is 6.54 Å². The molecule has 0 saturated heterocycles. The molecule has 0 fully saturated rings. The minimum atomic E-state index is -0.270. The molecule has 0 unspecified atom stereocenters. The molecule has 0 atom stereocenters. The molecule has 0 aliphatic heterocycles. The number of aromatic nitrogens is 3. The van der Waals surface area contributed by atoms with Gasteiger partial charge in [0.25, 0.3) is 0 Å². The first-order valence-electron chi connectivity index (χ1n) is 6.88. The van der Waals surface area contributed by atoms with Crippen molar-refractivity contribution < 1.29 is 4.79 Å². The van der Waals surface area contributed by atoms with Crippen LogP contribution in [-0.4, -0.2) is 20.8 Å². The van der Waals surface area contributed by atoms with Gasteiger partial charge in [0.05, 0.1) is 28.4 Å². The van der Waals surface area contributed by atoms with Gasteiger partial charge >= 0.3 is 0 Å². The molecule has 2 aromatic carbocycles. The van der Waals surface area contributed by atoms with E-state index in [1.165, 1.54) is 10.9 Å². The summed E-state index contributed by atoms with van der Waals surface area (Å²) in [4.78, 5) is 12.6. The summed E-state index contributed by atoms with van der Waals surface area (Å²) in [6.45, 7) is 0.348. The van der Waals surface area contributed by atoms with Gasteiger partial charge in [-0.1, -0.05) is 40.0 Å². The van der Waals surface area contributed by atoms with E-state index in [4.69, 9.17) is 40.5 Å². The highest BCUT2D eigenvalue weighted by atomic mass is 35.5. The average Bonchev–Trinajstić information content (AvgIpc) is 2.92. The normalized spacial score (nSPS) is 10.8. The van der Waals surface area contributed by atoms with E-state index in [-0.39, 0.29) is 21.4 Å². The van der Waals surface area contributed by atoms with Gasteiger partial charge in [0.15, 0.2) is 5.78 Å². The van der Waals surface area contributed by atoms with Crippen molar-refractivity contribution in [1.82, 2.24) is 15.0 Å². The van der Waals surface area contributed by atoms with Crippen LogP contribution in [0.4, 0.5) is 5.82 Å². The lowest BCUT2D eigenvalue weighted by molar-refractivity contribution is 0.103. The third-order valence-corrected chi connectivity index (χ3v) is 4.26. The molecule has 122 valence electrons. The maximum Gasteiger partial charge on any atom is 0.196 e. The predicted molar refractivity (Wildman–Crippen MR) is 94.9 cm³/mol. The molecule has 0 radical (unpaired) electrons. The molecule has 1 heterocycles. The number of nitrogens with zero attached hydrogens (tertiary/aromatic N) is 3. The van der Waals surface area contributed by atoms with E-state index in [2.05, 4.69) is 10.3 Å². The van der Waals surface area contributed by atoms with E-state index >= 15 is 0 Å². The number of benzene rings is 2. The highest BCUT2D eigenvalue weighted by Gasteiger charge is 2.18. The van der Waals surface area contributed by atoms with Crippen molar-refractivity contribution >= 4 is 46.4 Å². The number of nitrogen functional groups attached to an aromatic ring is 1. The molecule has 0 amide bonds. The lowest BCUT2D eigenvalue weighted by atomic mass is 10.0. The van der Waals surface area contributed by atoms with Crippen LogP contribution in [0.5, 0.6) is 0 Å². The Morgan fingerprint density at radius 3 is 2.25 bits per heavy atom. The Balaban J connectivity index is 1.94. The number of ketones is 1. The number of hydrogen-bond acceptors (Lipinski definition) is 4. The first-order chi connectivity index (χ1) is 11.5. The van der Waals surface area contributed by atoms with Gasteiger partial charge in [0, 0.05) is 10.6 Å². The number of anilines is 1. The highest BCUT2D eigenvalue weighted by Crippen LogP contribution is 2.29. The quantitative estimate of drug-likeness (QED) is 0.690. The van der Waals surface area contributed by atoms with Gasteiger partial charge < -0.3 is 5.73 Å². The molecule has 24 heavy (non-hydrogen) atoms. The molecule has 0 aliphatic carbocycles. The molecule has 1 aromatic heterocycles. The van der Waals surface area contributed by atoms with Crippen LogP contribution in [0.1, 0.15) is 21.5 Å². The third-order valence-electron chi connectivity index (χ3n) is 3.42. The number of rotatable bonds is 4. The second-order valence-corrected chi connectivity index (χ2v) is 6.34. The van der Waals surface area contributed by atoms with Crippen molar-refractivity contribution in [2.24, 2.45) is 0 Å². The molecule has 2 N–H and O–H groups in total. The number of hydrogen-bond donors (Lipinski definition) is 1. The van der Waals surface area contributed by atoms with Crippen LogP contribution in [0.3, 0.4) is 0 Å². The largest absolute Gasteiger partial charge is 0.383 e. The summed E-state index contributed by atoms with van der Waals surface area (Å²) in [7, 11) is 0. The van der Waals surface area contributed by atoms with Gasteiger partial charge in [-0.25, -0.2) is 4.68 Å². The number of nitrogens with two attached hydrogens (primary N) is 1. The molecular weight excluding hydrogens is 371 g/mol. The van der Waals surface area contributed by atoms with Crippen LogP contribution in [0.2, 0.25) is 15.1 Å². The van der Waals surface area contributed by atoms with Crippen LogP contribution in [0.25, 0.3) is 0 Å².